The van der Waals surface area contributed by atoms with Crippen LogP contribution in [-0.2, 0) is 19.7 Å². The Morgan fingerprint density at radius 1 is 1.03 bits per heavy atom. The summed E-state index contributed by atoms with van der Waals surface area (Å²) in [6, 6.07) is 6.80. The number of aromatic nitrogens is 1. The minimum atomic E-state index is -0.940. The Kier molecular flexibility index (Phi) is 6.36. The lowest BCUT2D eigenvalue weighted by atomic mass is 9.43. The molecular formula is C31H39NO5. The smallest absolute Gasteiger partial charge is 0.340 e. The lowest BCUT2D eigenvalue weighted by Crippen LogP contribution is -2.57. The lowest BCUT2D eigenvalue weighted by molar-refractivity contribution is -0.176. The Balaban J connectivity index is 1.37. The van der Waals surface area contributed by atoms with Crippen LogP contribution in [0.3, 0.4) is 0 Å². The summed E-state index contributed by atoms with van der Waals surface area (Å²) in [5.41, 5.74) is 5.21. The van der Waals surface area contributed by atoms with Crippen molar-refractivity contribution in [2.75, 3.05) is 6.61 Å². The highest BCUT2D eigenvalue weighted by Crippen LogP contribution is 2.66. The van der Waals surface area contributed by atoms with Gasteiger partial charge in [-0.25, -0.2) is 4.79 Å². The van der Waals surface area contributed by atoms with Crippen LogP contribution in [0.4, 0.5) is 0 Å². The molecule has 6 nitrogen and oxygen atoms in total. The number of esters is 2. The summed E-state index contributed by atoms with van der Waals surface area (Å²) in [5, 5.41) is 0. The van der Waals surface area contributed by atoms with E-state index in [1.807, 2.05) is 0 Å². The fraction of sp³-hybridized carbons (Fsp3) is 0.581. The number of nitrogens with one attached hydrogen (secondary N) is 1. The van der Waals surface area contributed by atoms with Crippen LogP contribution in [0, 0.1) is 44.9 Å². The molecule has 198 valence electrons. The van der Waals surface area contributed by atoms with E-state index in [9.17, 15) is 14.4 Å². The van der Waals surface area contributed by atoms with Gasteiger partial charge in [0, 0.05) is 5.69 Å². The van der Waals surface area contributed by atoms with Gasteiger partial charge >= 0.3 is 11.9 Å². The maximum atomic E-state index is 13.8. The van der Waals surface area contributed by atoms with Gasteiger partial charge in [-0.05, 0) is 120 Å². The SMILES string of the molecule is CCOC(=O)c1c(C)[nH]c(C(=O)[C@@H](C)OC(=O)C23C[C@@H]4C[C@@H](C2)CC(c2ccc(C)c(C)c2)(C4)C3)c1C. The van der Waals surface area contributed by atoms with E-state index in [1.165, 1.54) is 23.1 Å². The van der Waals surface area contributed by atoms with Crippen LogP contribution in [0.5, 0.6) is 0 Å². The Morgan fingerprint density at radius 2 is 1.70 bits per heavy atom. The van der Waals surface area contributed by atoms with Gasteiger partial charge in [-0.3, -0.25) is 9.59 Å². The number of H-pyrrole nitrogens is 1. The number of ether oxygens (including phenoxy) is 2. The van der Waals surface area contributed by atoms with Gasteiger partial charge in [-0.2, -0.15) is 0 Å². The third-order valence-electron chi connectivity index (χ3n) is 9.43. The van der Waals surface area contributed by atoms with Crippen molar-refractivity contribution >= 4 is 17.7 Å². The van der Waals surface area contributed by atoms with Crippen LogP contribution in [0.15, 0.2) is 18.2 Å². The summed E-state index contributed by atoms with van der Waals surface area (Å²) in [5.74, 6) is 0.0201. The number of hydrogen-bond acceptors (Lipinski definition) is 5. The summed E-state index contributed by atoms with van der Waals surface area (Å²) < 4.78 is 11.1. The number of hydrogen-bond donors (Lipinski definition) is 1. The van der Waals surface area contributed by atoms with Crippen molar-refractivity contribution in [3.63, 3.8) is 0 Å². The van der Waals surface area contributed by atoms with E-state index in [-0.39, 0.29) is 23.8 Å². The van der Waals surface area contributed by atoms with Gasteiger partial charge in [0.1, 0.15) is 0 Å². The molecule has 4 bridgehead atoms. The minimum Gasteiger partial charge on any atom is -0.462 e. The number of Topliss-reactive ketones (excluding diaryl/α,β-unsaturated/α-hetero) is 1. The highest BCUT2D eigenvalue weighted by Gasteiger charge is 2.62. The number of aromatic amines is 1. The molecule has 4 fully saturated rings. The first-order valence-corrected chi connectivity index (χ1v) is 13.7. The molecule has 6 heteroatoms. The summed E-state index contributed by atoms with van der Waals surface area (Å²) in [6.07, 6.45) is 5.01. The summed E-state index contributed by atoms with van der Waals surface area (Å²) in [4.78, 5) is 42.6. The molecule has 37 heavy (non-hydrogen) atoms. The van der Waals surface area contributed by atoms with Crippen molar-refractivity contribution in [3.8, 4) is 0 Å². The maximum absolute atomic E-state index is 13.8. The van der Waals surface area contributed by atoms with E-state index < -0.39 is 17.5 Å². The number of benzene rings is 1. The Bertz CT molecular complexity index is 1260. The van der Waals surface area contributed by atoms with Crippen molar-refractivity contribution in [2.24, 2.45) is 17.3 Å². The minimum absolute atomic E-state index is 0.0104. The van der Waals surface area contributed by atoms with Crippen LogP contribution >= 0.6 is 0 Å². The Labute approximate surface area is 219 Å². The normalized spacial score (nSPS) is 28.7. The molecule has 4 saturated carbocycles. The molecule has 0 saturated heterocycles. The molecule has 2 aromatic rings. The second-order valence-electron chi connectivity index (χ2n) is 12.1. The Morgan fingerprint density at radius 3 is 2.32 bits per heavy atom. The molecule has 6 rings (SSSR count). The summed E-state index contributed by atoms with van der Waals surface area (Å²) in [6.45, 7) is 11.4. The van der Waals surface area contributed by atoms with E-state index in [0.717, 1.165) is 32.1 Å². The van der Waals surface area contributed by atoms with Crippen molar-refractivity contribution in [1.82, 2.24) is 4.98 Å². The first-order valence-electron chi connectivity index (χ1n) is 13.7. The molecule has 4 aliphatic rings. The van der Waals surface area contributed by atoms with Crippen molar-refractivity contribution in [3.05, 3.63) is 57.4 Å². The standard InChI is InChI=1S/C31H39NO5/c1-7-36-28(34)25-19(4)26(32-20(25)5)27(33)21(6)37-29(35)31-14-22-11-23(15-31)13-30(12-22,16-31)24-9-8-17(2)18(3)10-24/h8-10,21-23,32H,7,11-16H2,1-6H3/t21-,22-,23-,30?,31?/m1/s1. The van der Waals surface area contributed by atoms with Gasteiger partial charge in [-0.1, -0.05) is 18.2 Å². The fourth-order valence-electron chi connectivity index (χ4n) is 7.96. The predicted molar refractivity (Wildman–Crippen MR) is 141 cm³/mol. The average molecular weight is 506 g/mol. The zero-order valence-corrected chi connectivity index (χ0v) is 23.0. The molecule has 0 unspecified atom stereocenters. The second-order valence-corrected chi connectivity index (χ2v) is 12.1. The molecule has 1 aromatic heterocycles. The average Bonchev–Trinajstić information content (AvgIpc) is 3.13. The zero-order valence-electron chi connectivity index (χ0n) is 23.0. The molecule has 0 amide bonds. The number of ketones is 1. The van der Waals surface area contributed by atoms with Crippen molar-refractivity contribution < 1.29 is 23.9 Å². The third-order valence-corrected chi connectivity index (χ3v) is 9.43. The van der Waals surface area contributed by atoms with Crippen molar-refractivity contribution in [1.29, 1.82) is 0 Å². The maximum Gasteiger partial charge on any atom is 0.340 e. The van der Waals surface area contributed by atoms with Gasteiger partial charge in [0.05, 0.1) is 23.3 Å². The summed E-state index contributed by atoms with van der Waals surface area (Å²) in [7, 11) is 0. The highest BCUT2D eigenvalue weighted by atomic mass is 16.5. The quantitative estimate of drug-likeness (QED) is 0.364. The summed E-state index contributed by atoms with van der Waals surface area (Å²) >= 11 is 0. The zero-order chi connectivity index (χ0) is 26.7. The lowest BCUT2D eigenvalue weighted by Gasteiger charge is -2.61. The number of carbonyl (C=O) groups excluding carboxylic acids is 3. The third kappa shape index (κ3) is 4.22. The fourth-order valence-corrected chi connectivity index (χ4v) is 7.96. The second kappa shape index (κ2) is 9.14. The van der Waals surface area contributed by atoms with E-state index in [4.69, 9.17) is 9.47 Å². The molecule has 1 heterocycles. The molecule has 0 spiro atoms. The van der Waals surface area contributed by atoms with Crippen LogP contribution < -0.4 is 0 Å². The van der Waals surface area contributed by atoms with E-state index in [2.05, 4.69) is 37.0 Å². The van der Waals surface area contributed by atoms with Crippen LogP contribution in [0.2, 0.25) is 0 Å². The van der Waals surface area contributed by atoms with Crippen LogP contribution in [0.1, 0.15) is 101 Å². The van der Waals surface area contributed by atoms with E-state index >= 15 is 0 Å². The first kappa shape index (κ1) is 25.7. The molecule has 1 N–H and O–H groups in total. The number of rotatable bonds is 7. The number of aryl methyl sites for hydroxylation is 3. The van der Waals surface area contributed by atoms with Crippen LogP contribution in [0.25, 0.3) is 0 Å². The van der Waals surface area contributed by atoms with E-state index in [1.54, 1.807) is 27.7 Å². The Hall–Kier alpha value is -2.89. The molecule has 0 radical (unpaired) electrons. The van der Waals surface area contributed by atoms with Gasteiger partial charge in [-0.15, -0.1) is 0 Å². The monoisotopic (exact) mass is 505 g/mol. The first-order chi connectivity index (χ1) is 17.5. The molecule has 4 aliphatic carbocycles. The topological polar surface area (TPSA) is 85.5 Å². The molecular weight excluding hydrogens is 466 g/mol. The van der Waals surface area contributed by atoms with Crippen LogP contribution in [-0.4, -0.2) is 35.4 Å². The largest absolute Gasteiger partial charge is 0.462 e. The molecule has 1 aromatic carbocycles. The number of carbonyl (C=O) groups is 3. The predicted octanol–water partition coefficient (Wildman–Crippen LogP) is 6.08. The van der Waals surface area contributed by atoms with E-state index in [0.29, 0.717) is 34.4 Å². The van der Waals surface area contributed by atoms with Gasteiger partial charge in [0.15, 0.2) is 6.10 Å². The molecule has 3 atom stereocenters. The van der Waals surface area contributed by atoms with Gasteiger partial charge in [0.2, 0.25) is 5.78 Å². The highest BCUT2D eigenvalue weighted by molar-refractivity contribution is 6.04. The molecule has 0 aliphatic heterocycles. The van der Waals surface area contributed by atoms with Gasteiger partial charge < -0.3 is 14.5 Å². The van der Waals surface area contributed by atoms with Crippen molar-refractivity contribution in [2.45, 2.75) is 91.6 Å². The van der Waals surface area contributed by atoms with Gasteiger partial charge in [0.25, 0.3) is 0 Å².